The summed E-state index contributed by atoms with van der Waals surface area (Å²) in [5, 5.41) is 1.54. The molecule has 0 aliphatic rings. The molecule has 2 nitrogen and oxygen atoms in total. The van der Waals surface area contributed by atoms with Crippen molar-refractivity contribution in [1.82, 2.24) is 4.98 Å². The third-order valence-corrected chi connectivity index (χ3v) is 3.24. The third kappa shape index (κ3) is 2.40. The zero-order valence-electron chi connectivity index (χ0n) is 10.4. The molecular weight excluding hydrogens is 258 g/mol. The maximum absolute atomic E-state index is 6.13. The number of halogens is 1. The fraction of sp³-hybridized carbons (Fsp3) is 0.0625. The molecular formula is C16H12ClNO. The molecule has 1 heterocycles. The lowest BCUT2D eigenvalue weighted by Crippen LogP contribution is -1.88. The highest BCUT2D eigenvalue weighted by Crippen LogP contribution is 2.31. The quantitative estimate of drug-likeness (QED) is 0.654. The molecule has 0 radical (unpaired) electrons. The van der Waals surface area contributed by atoms with E-state index in [4.69, 9.17) is 16.3 Å². The Morgan fingerprint density at radius 1 is 1.00 bits per heavy atom. The predicted molar refractivity (Wildman–Crippen MR) is 78.0 cm³/mol. The van der Waals surface area contributed by atoms with E-state index in [1.807, 2.05) is 55.5 Å². The van der Waals surface area contributed by atoms with Crippen molar-refractivity contribution in [2.45, 2.75) is 6.92 Å². The molecule has 0 spiro atoms. The lowest BCUT2D eigenvalue weighted by Gasteiger charge is -2.09. The van der Waals surface area contributed by atoms with Crippen LogP contribution in [0.3, 0.4) is 0 Å². The number of rotatable bonds is 2. The number of benzene rings is 2. The van der Waals surface area contributed by atoms with Crippen LogP contribution in [0.4, 0.5) is 0 Å². The first-order valence-corrected chi connectivity index (χ1v) is 6.39. The second kappa shape index (κ2) is 4.90. The molecule has 3 rings (SSSR count). The first-order valence-electron chi connectivity index (χ1n) is 6.02. The summed E-state index contributed by atoms with van der Waals surface area (Å²) < 4.78 is 5.90. The molecule has 0 aliphatic heterocycles. The molecule has 2 aromatic carbocycles. The number of fused-ring (bicyclic) bond motifs is 1. The molecule has 19 heavy (non-hydrogen) atoms. The van der Waals surface area contributed by atoms with E-state index in [2.05, 4.69) is 4.98 Å². The van der Waals surface area contributed by atoms with Gasteiger partial charge in [0.25, 0.3) is 0 Å². The SMILES string of the molecule is Cc1ccc(Oc2ccnc3c(Cl)cccc23)cc1. The molecule has 0 N–H and O–H groups in total. The maximum atomic E-state index is 6.13. The van der Waals surface area contributed by atoms with Crippen molar-refractivity contribution in [3.05, 3.63) is 65.3 Å². The predicted octanol–water partition coefficient (Wildman–Crippen LogP) is 4.99. The highest BCUT2D eigenvalue weighted by atomic mass is 35.5. The first-order chi connectivity index (χ1) is 9.24. The lowest BCUT2D eigenvalue weighted by atomic mass is 10.2. The second-order valence-electron chi connectivity index (χ2n) is 4.36. The summed E-state index contributed by atoms with van der Waals surface area (Å²) in [5.41, 5.74) is 1.96. The number of aromatic nitrogens is 1. The van der Waals surface area contributed by atoms with Gasteiger partial charge in [0.05, 0.1) is 10.5 Å². The molecule has 0 atom stereocenters. The van der Waals surface area contributed by atoms with Gasteiger partial charge in [0, 0.05) is 11.6 Å². The van der Waals surface area contributed by atoms with Gasteiger partial charge in [-0.15, -0.1) is 0 Å². The van der Waals surface area contributed by atoms with Crippen LogP contribution < -0.4 is 4.74 Å². The van der Waals surface area contributed by atoms with Gasteiger partial charge in [0.2, 0.25) is 0 Å². The minimum atomic E-state index is 0.631. The fourth-order valence-electron chi connectivity index (χ4n) is 1.94. The highest BCUT2D eigenvalue weighted by molar-refractivity contribution is 6.35. The number of hydrogen-bond acceptors (Lipinski definition) is 2. The molecule has 94 valence electrons. The summed E-state index contributed by atoms with van der Waals surface area (Å²) in [6.45, 7) is 2.05. The van der Waals surface area contributed by atoms with E-state index in [9.17, 15) is 0 Å². The van der Waals surface area contributed by atoms with Gasteiger partial charge in [-0.2, -0.15) is 0 Å². The van der Waals surface area contributed by atoms with Crippen molar-refractivity contribution >= 4 is 22.5 Å². The van der Waals surface area contributed by atoms with Crippen LogP contribution in [0.1, 0.15) is 5.56 Å². The van der Waals surface area contributed by atoms with Gasteiger partial charge in [-0.25, -0.2) is 0 Å². The van der Waals surface area contributed by atoms with E-state index in [1.54, 1.807) is 6.20 Å². The highest BCUT2D eigenvalue weighted by Gasteiger charge is 2.06. The minimum absolute atomic E-state index is 0.631. The lowest BCUT2D eigenvalue weighted by molar-refractivity contribution is 0.488. The molecule has 3 heteroatoms. The average Bonchev–Trinajstić information content (AvgIpc) is 2.43. The van der Waals surface area contributed by atoms with E-state index in [0.717, 1.165) is 22.4 Å². The topological polar surface area (TPSA) is 22.1 Å². The molecule has 1 aromatic heterocycles. The monoisotopic (exact) mass is 269 g/mol. The van der Waals surface area contributed by atoms with Crippen LogP contribution in [-0.2, 0) is 0 Å². The van der Waals surface area contributed by atoms with E-state index >= 15 is 0 Å². The number of nitrogens with zero attached hydrogens (tertiary/aromatic N) is 1. The molecule has 0 unspecified atom stereocenters. The van der Waals surface area contributed by atoms with Crippen LogP contribution >= 0.6 is 11.6 Å². The van der Waals surface area contributed by atoms with Gasteiger partial charge >= 0.3 is 0 Å². The number of aryl methyl sites for hydroxylation is 1. The second-order valence-corrected chi connectivity index (χ2v) is 4.77. The van der Waals surface area contributed by atoms with Crippen molar-refractivity contribution in [2.75, 3.05) is 0 Å². The summed E-state index contributed by atoms with van der Waals surface area (Å²) in [5.74, 6) is 1.56. The number of para-hydroxylation sites is 1. The van der Waals surface area contributed by atoms with E-state index in [1.165, 1.54) is 5.56 Å². The Hall–Kier alpha value is -2.06. The summed E-state index contributed by atoms with van der Waals surface area (Å²) in [6.07, 6.45) is 1.71. The Bertz CT molecular complexity index is 722. The molecule has 0 saturated carbocycles. The van der Waals surface area contributed by atoms with Gasteiger partial charge in [0.1, 0.15) is 11.5 Å². The largest absolute Gasteiger partial charge is 0.457 e. The molecule has 0 bridgehead atoms. The maximum Gasteiger partial charge on any atom is 0.138 e. The van der Waals surface area contributed by atoms with E-state index in [-0.39, 0.29) is 0 Å². The Balaban J connectivity index is 2.06. The Kier molecular flexibility index (Phi) is 3.10. The molecule has 0 aliphatic carbocycles. The van der Waals surface area contributed by atoms with Crippen molar-refractivity contribution < 1.29 is 4.74 Å². The minimum Gasteiger partial charge on any atom is -0.457 e. The van der Waals surface area contributed by atoms with Crippen molar-refractivity contribution in [2.24, 2.45) is 0 Å². The standard InChI is InChI=1S/C16H12ClNO/c1-11-5-7-12(8-6-11)19-15-9-10-18-16-13(15)3-2-4-14(16)17/h2-10H,1H3. The summed E-state index contributed by atoms with van der Waals surface area (Å²) in [6, 6.07) is 15.5. The van der Waals surface area contributed by atoms with Crippen LogP contribution in [0.2, 0.25) is 5.02 Å². The fourth-order valence-corrected chi connectivity index (χ4v) is 2.16. The summed E-state index contributed by atoms with van der Waals surface area (Å²) >= 11 is 6.13. The van der Waals surface area contributed by atoms with Crippen LogP contribution in [0.25, 0.3) is 10.9 Å². The van der Waals surface area contributed by atoms with Crippen molar-refractivity contribution in [3.8, 4) is 11.5 Å². The number of ether oxygens (including phenoxy) is 1. The van der Waals surface area contributed by atoms with Crippen molar-refractivity contribution in [3.63, 3.8) is 0 Å². The van der Waals surface area contributed by atoms with Crippen molar-refractivity contribution in [1.29, 1.82) is 0 Å². The Morgan fingerprint density at radius 2 is 1.79 bits per heavy atom. The molecule has 0 amide bonds. The van der Waals surface area contributed by atoms with Crippen LogP contribution in [0.15, 0.2) is 54.7 Å². The third-order valence-electron chi connectivity index (χ3n) is 2.93. The van der Waals surface area contributed by atoms with Gasteiger partial charge < -0.3 is 4.74 Å². The average molecular weight is 270 g/mol. The van der Waals surface area contributed by atoms with E-state index < -0.39 is 0 Å². The van der Waals surface area contributed by atoms with Gasteiger partial charge in [0.15, 0.2) is 0 Å². The Morgan fingerprint density at radius 3 is 2.58 bits per heavy atom. The van der Waals surface area contributed by atoms with Gasteiger partial charge in [-0.1, -0.05) is 35.4 Å². The smallest absolute Gasteiger partial charge is 0.138 e. The van der Waals surface area contributed by atoms with Crippen LogP contribution in [-0.4, -0.2) is 4.98 Å². The summed E-state index contributed by atoms with van der Waals surface area (Å²) in [7, 11) is 0. The summed E-state index contributed by atoms with van der Waals surface area (Å²) in [4.78, 5) is 4.29. The van der Waals surface area contributed by atoms with Gasteiger partial charge in [-0.05, 0) is 37.3 Å². The number of pyridine rings is 1. The molecule has 0 saturated heterocycles. The van der Waals surface area contributed by atoms with Crippen LogP contribution in [0, 0.1) is 6.92 Å². The molecule has 3 aromatic rings. The molecule has 0 fully saturated rings. The van der Waals surface area contributed by atoms with E-state index in [0.29, 0.717) is 5.02 Å². The van der Waals surface area contributed by atoms with Crippen LogP contribution in [0.5, 0.6) is 11.5 Å². The normalized spacial score (nSPS) is 10.6. The Labute approximate surface area is 116 Å². The first kappa shape index (κ1) is 12.0. The zero-order chi connectivity index (χ0) is 13.2. The van der Waals surface area contributed by atoms with Gasteiger partial charge in [-0.3, -0.25) is 4.98 Å². The zero-order valence-corrected chi connectivity index (χ0v) is 11.2. The number of hydrogen-bond donors (Lipinski definition) is 0.